The van der Waals surface area contributed by atoms with Gasteiger partial charge in [-0.2, -0.15) is 10.2 Å². The summed E-state index contributed by atoms with van der Waals surface area (Å²) in [5.74, 6) is 0. The maximum Gasteiger partial charge on any atom is 0.171 e. The summed E-state index contributed by atoms with van der Waals surface area (Å²) in [6.07, 6.45) is 3.58. The van der Waals surface area contributed by atoms with E-state index in [1.165, 1.54) is 0 Å². The first kappa shape index (κ1) is 18.7. The van der Waals surface area contributed by atoms with Gasteiger partial charge in [-0.15, -0.1) is 0 Å². The highest BCUT2D eigenvalue weighted by Crippen LogP contribution is 2.22. The molecule has 0 aliphatic heterocycles. The van der Waals surface area contributed by atoms with Crippen LogP contribution in [0.3, 0.4) is 0 Å². The van der Waals surface area contributed by atoms with Crippen LogP contribution in [-0.4, -0.2) is 24.7 Å². The normalized spacial score (nSPS) is 10.8. The lowest BCUT2D eigenvalue weighted by molar-refractivity contribution is 0.687. The quantitative estimate of drug-likeness (QED) is 0.629. The molecule has 0 bridgehead atoms. The Morgan fingerprint density at radius 2 is 2.08 bits per heavy atom. The molecule has 136 valence electrons. The molecule has 3 rings (SSSR count). The van der Waals surface area contributed by atoms with Crippen LogP contribution in [0.4, 0.5) is 5.69 Å². The fraction of sp³-hybridized carbons (Fsp3) is 0.235. The lowest BCUT2D eigenvalue weighted by atomic mass is 10.2. The highest BCUT2D eigenvalue weighted by atomic mass is 35.5. The third-order valence-electron chi connectivity index (χ3n) is 3.83. The largest absolute Gasteiger partial charge is 0.357 e. The van der Waals surface area contributed by atoms with Crippen LogP contribution in [-0.2, 0) is 20.1 Å². The number of hydrogen-bond donors (Lipinski definition) is 2. The summed E-state index contributed by atoms with van der Waals surface area (Å²) in [5, 5.41) is 16.7. The molecule has 1 aromatic carbocycles. The third-order valence-corrected chi connectivity index (χ3v) is 4.67. The van der Waals surface area contributed by atoms with Crippen molar-refractivity contribution in [3.8, 4) is 0 Å². The molecule has 0 aliphatic carbocycles. The van der Waals surface area contributed by atoms with Crippen molar-refractivity contribution in [1.82, 2.24) is 24.9 Å². The monoisotopic (exact) mass is 408 g/mol. The van der Waals surface area contributed by atoms with E-state index in [0.717, 1.165) is 22.6 Å². The van der Waals surface area contributed by atoms with Crippen molar-refractivity contribution in [3.05, 3.63) is 63.7 Å². The van der Waals surface area contributed by atoms with Gasteiger partial charge in [0.1, 0.15) is 0 Å². The van der Waals surface area contributed by atoms with Crippen LogP contribution in [0.2, 0.25) is 10.0 Å². The van der Waals surface area contributed by atoms with E-state index >= 15 is 0 Å². The number of aromatic nitrogens is 4. The highest BCUT2D eigenvalue weighted by Gasteiger charge is 2.06. The van der Waals surface area contributed by atoms with Gasteiger partial charge in [0, 0.05) is 29.0 Å². The second-order valence-electron chi connectivity index (χ2n) is 5.87. The number of halogens is 2. The van der Waals surface area contributed by atoms with E-state index in [4.69, 9.17) is 35.4 Å². The van der Waals surface area contributed by atoms with Gasteiger partial charge in [-0.3, -0.25) is 9.36 Å². The van der Waals surface area contributed by atoms with Crippen molar-refractivity contribution >= 4 is 46.2 Å². The number of rotatable bonds is 5. The standard InChI is InChI=1S/C17H18Cl2N6S/c1-11-5-14(23-24(11)2)7-20-17(26)22-15-8-21-25(10-15)9-12-3-4-13(18)6-16(12)19/h3-6,8,10H,7,9H2,1-2H3,(H2,20,22,26). The fourth-order valence-electron chi connectivity index (χ4n) is 2.41. The predicted molar refractivity (Wildman–Crippen MR) is 109 cm³/mol. The van der Waals surface area contributed by atoms with Crippen molar-refractivity contribution in [1.29, 1.82) is 0 Å². The fourth-order valence-corrected chi connectivity index (χ4v) is 3.06. The van der Waals surface area contributed by atoms with E-state index in [9.17, 15) is 0 Å². The van der Waals surface area contributed by atoms with Crippen LogP contribution in [0, 0.1) is 6.92 Å². The van der Waals surface area contributed by atoms with Crippen LogP contribution < -0.4 is 10.6 Å². The molecule has 6 nitrogen and oxygen atoms in total. The van der Waals surface area contributed by atoms with Gasteiger partial charge in [0.05, 0.1) is 30.7 Å². The van der Waals surface area contributed by atoms with Gasteiger partial charge in [-0.1, -0.05) is 29.3 Å². The molecule has 0 fully saturated rings. The first-order chi connectivity index (χ1) is 12.4. The van der Waals surface area contributed by atoms with Gasteiger partial charge < -0.3 is 10.6 Å². The topological polar surface area (TPSA) is 59.7 Å². The first-order valence-corrected chi connectivity index (χ1v) is 9.08. The Hall–Kier alpha value is -2.09. The van der Waals surface area contributed by atoms with Crippen LogP contribution >= 0.6 is 35.4 Å². The molecule has 0 aliphatic rings. The molecule has 0 amide bonds. The van der Waals surface area contributed by atoms with E-state index in [0.29, 0.717) is 28.2 Å². The summed E-state index contributed by atoms with van der Waals surface area (Å²) in [6.45, 7) is 3.11. The zero-order chi connectivity index (χ0) is 18.7. The summed E-state index contributed by atoms with van der Waals surface area (Å²) in [7, 11) is 1.91. The highest BCUT2D eigenvalue weighted by molar-refractivity contribution is 7.80. The lowest BCUT2D eigenvalue weighted by Gasteiger charge is -2.07. The smallest absolute Gasteiger partial charge is 0.171 e. The number of anilines is 1. The summed E-state index contributed by atoms with van der Waals surface area (Å²) in [6, 6.07) is 7.44. The molecule has 0 unspecified atom stereocenters. The average Bonchev–Trinajstić information content (AvgIpc) is 3.15. The first-order valence-electron chi connectivity index (χ1n) is 7.91. The number of nitrogens with one attached hydrogen (secondary N) is 2. The van der Waals surface area contributed by atoms with Gasteiger partial charge in [0.2, 0.25) is 0 Å². The Balaban J connectivity index is 1.55. The van der Waals surface area contributed by atoms with Crippen LogP contribution in [0.5, 0.6) is 0 Å². The zero-order valence-corrected chi connectivity index (χ0v) is 16.7. The molecule has 2 N–H and O–H groups in total. The van der Waals surface area contributed by atoms with Crippen LogP contribution in [0.1, 0.15) is 17.0 Å². The minimum absolute atomic E-state index is 0.511. The maximum atomic E-state index is 6.20. The van der Waals surface area contributed by atoms with Crippen molar-refractivity contribution in [2.45, 2.75) is 20.0 Å². The molecule has 9 heteroatoms. The molecule has 0 saturated carbocycles. The summed E-state index contributed by atoms with van der Waals surface area (Å²) >= 11 is 17.4. The number of hydrogen-bond acceptors (Lipinski definition) is 3. The second-order valence-corrected chi connectivity index (χ2v) is 7.12. The molecule has 2 heterocycles. The summed E-state index contributed by atoms with van der Waals surface area (Å²) < 4.78 is 3.61. The maximum absolute atomic E-state index is 6.20. The average molecular weight is 409 g/mol. The minimum atomic E-state index is 0.511. The molecular weight excluding hydrogens is 391 g/mol. The summed E-state index contributed by atoms with van der Waals surface area (Å²) in [5.41, 5.74) is 3.77. The van der Waals surface area contributed by atoms with Gasteiger partial charge in [-0.05, 0) is 42.9 Å². The Labute approximate surface area is 167 Å². The molecule has 2 aromatic heterocycles. The molecule has 0 spiro atoms. The van der Waals surface area contributed by atoms with E-state index < -0.39 is 0 Å². The van der Waals surface area contributed by atoms with Crippen molar-refractivity contribution < 1.29 is 0 Å². The van der Waals surface area contributed by atoms with E-state index in [1.807, 2.05) is 43.0 Å². The molecule has 0 atom stereocenters. The van der Waals surface area contributed by atoms with Gasteiger partial charge in [0.25, 0.3) is 0 Å². The Morgan fingerprint density at radius 1 is 1.27 bits per heavy atom. The predicted octanol–water partition coefficient (Wildman–Crippen LogP) is 3.77. The minimum Gasteiger partial charge on any atom is -0.357 e. The molecule has 26 heavy (non-hydrogen) atoms. The number of thiocarbonyl (C=S) groups is 1. The van der Waals surface area contributed by atoms with Crippen molar-refractivity contribution in [3.63, 3.8) is 0 Å². The van der Waals surface area contributed by atoms with E-state index in [1.54, 1.807) is 16.9 Å². The molecule has 0 radical (unpaired) electrons. The zero-order valence-electron chi connectivity index (χ0n) is 14.3. The van der Waals surface area contributed by atoms with E-state index in [-0.39, 0.29) is 0 Å². The van der Waals surface area contributed by atoms with Crippen LogP contribution in [0.15, 0.2) is 36.7 Å². The lowest BCUT2D eigenvalue weighted by Crippen LogP contribution is -2.27. The van der Waals surface area contributed by atoms with E-state index in [2.05, 4.69) is 20.8 Å². The number of nitrogens with zero attached hydrogens (tertiary/aromatic N) is 4. The van der Waals surface area contributed by atoms with Gasteiger partial charge >= 0.3 is 0 Å². The van der Waals surface area contributed by atoms with Crippen molar-refractivity contribution in [2.75, 3.05) is 5.32 Å². The SMILES string of the molecule is Cc1cc(CNC(=S)Nc2cnn(Cc3ccc(Cl)cc3Cl)c2)nn1C. The van der Waals surface area contributed by atoms with Gasteiger partial charge in [-0.25, -0.2) is 0 Å². The molecule has 3 aromatic rings. The second kappa shape index (κ2) is 8.07. The third kappa shape index (κ3) is 4.75. The Bertz CT molecular complexity index is 914. The molecular formula is C17H18Cl2N6S. The van der Waals surface area contributed by atoms with Gasteiger partial charge in [0.15, 0.2) is 5.11 Å². The summed E-state index contributed by atoms with van der Waals surface area (Å²) in [4.78, 5) is 0. The van der Waals surface area contributed by atoms with Crippen molar-refractivity contribution in [2.24, 2.45) is 7.05 Å². The Kier molecular flexibility index (Phi) is 5.80. The molecule has 0 saturated heterocycles. The number of aryl methyl sites for hydroxylation is 2. The van der Waals surface area contributed by atoms with Crippen LogP contribution in [0.25, 0.3) is 0 Å². The Morgan fingerprint density at radius 3 is 2.77 bits per heavy atom. The number of benzene rings is 1.